The fourth-order valence-electron chi connectivity index (χ4n) is 2.31. The van der Waals surface area contributed by atoms with Gasteiger partial charge in [-0.15, -0.1) is 0 Å². The number of amides is 2. The van der Waals surface area contributed by atoms with Gasteiger partial charge < -0.3 is 15.4 Å². The summed E-state index contributed by atoms with van der Waals surface area (Å²) in [7, 11) is 0. The van der Waals surface area contributed by atoms with Crippen LogP contribution in [0.4, 0.5) is 18.9 Å². The topological polar surface area (TPSA) is 80.3 Å². The van der Waals surface area contributed by atoms with Crippen LogP contribution in [0.1, 0.15) is 16.8 Å². The molecule has 2 aromatic rings. The number of hydrogen-bond acceptors (Lipinski definition) is 5. The normalized spacial score (nSPS) is 12.2. The van der Waals surface area contributed by atoms with Gasteiger partial charge in [-0.3, -0.25) is 9.59 Å². The number of thioether (sulfide) groups is 1. The van der Waals surface area contributed by atoms with Crippen molar-refractivity contribution in [1.29, 1.82) is 0 Å². The van der Waals surface area contributed by atoms with Crippen LogP contribution in [0.5, 0.6) is 5.88 Å². The molecule has 0 saturated heterocycles. The monoisotopic (exact) mass is 461 g/mol. The summed E-state index contributed by atoms with van der Waals surface area (Å²) < 4.78 is 41.1. The standard InChI is InChI=1S/C19H19ClF3N3O3S/c1-30-9-8-15(26-17(27)13-4-2-3-5-14(13)20)18(28)25-12-6-7-16(24-10-12)29-11-19(21,22)23/h2-7,10,15H,8-9,11H2,1H3,(H,25,28)(H,26,27). The largest absolute Gasteiger partial charge is 0.468 e. The number of rotatable bonds is 9. The van der Waals surface area contributed by atoms with Gasteiger partial charge >= 0.3 is 6.18 Å². The molecule has 2 N–H and O–H groups in total. The van der Waals surface area contributed by atoms with E-state index in [1.54, 1.807) is 24.3 Å². The first kappa shape index (κ1) is 23.8. The Hall–Kier alpha value is -2.46. The summed E-state index contributed by atoms with van der Waals surface area (Å²) in [6.07, 6.45) is -1.07. The van der Waals surface area contributed by atoms with Gasteiger partial charge in [-0.1, -0.05) is 23.7 Å². The van der Waals surface area contributed by atoms with Crippen LogP contribution in [-0.4, -0.2) is 47.6 Å². The predicted molar refractivity (Wildman–Crippen MR) is 110 cm³/mol. The van der Waals surface area contributed by atoms with Crippen LogP contribution in [0.3, 0.4) is 0 Å². The first-order valence-electron chi connectivity index (χ1n) is 8.70. The Bertz CT molecular complexity index is 866. The lowest BCUT2D eigenvalue weighted by Gasteiger charge is -2.18. The minimum atomic E-state index is -4.47. The minimum absolute atomic E-state index is 0.226. The molecule has 2 amide bonds. The van der Waals surface area contributed by atoms with Gasteiger partial charge in [0, 0.05) is 6.07 Å². The summed E-state index contributed by atoms with van der Waals surface area (Å²) in [4.78, 5) is 28.9. The molecule has 1 heterocycles. The SMILES string of the molecule is CSCCC(NC(=O)c1ccccc1Cl)C(=O)Nc1ccc(OCC(F)(F)F)nc1. The summed E-state index contributed by atoms with van der Waals surface area (Å²) in [5.41, 5.74) is 0.495. The second-order valence-corrected chi connectivity index (χ2v) is 7.46. The van der Waals surface area contributed by atoms with Crippen LogP contribution < -0.4 is 15.4 Å². The number of halogens is 4. The Morgan fingerprint density at radius 3 is 2.57 bits per heavy atom. The highest BCUT2D eigenvalue weighted by atomic mass is 35.5. The van der Waals surface area contributed by atoms with E-state index in [-0.39, 0.29) is 22.2 Å². The Morgan fingerprint density at radius 1 is 1.23 bits per heavy atom. The van der Waals surface area contributed by atoms with Crippen LogP contribution in [0.15, 0.2) is 42.6 Å². The van der Waals surface area contributed by atoms with Crippen molar-refractivity contribution >= 4 is 40.9 Å². The fraction of sp³-hybridized carbons (Fsp3) is 0.316. The van der Waals surface area contributed by atoms with E-state index >= 15 is 0 Å². The minimum Gasteiger partial charge on any atom is -0.468 e. The second kappa shape index (κ2) is 11.1. The lowest BCUT2D eigenvalue weighted by molar-refractivity contribution is -0.154. The van der Waals surface area contributed by atoms with Gasteiger partial charge in [0.2, 0.25) is 11.8 Å². The van der Waals surface area contributed by atoms with Crippen LogP contribution >= 0.6 is 23.4 Å². The first-order chi connectivity index (χ1) is 14.2. The third-order valence-electron chi connectivity index (χ3n) is 3.74. The third kappa shape index (κ3) is 7.75. The van der Waals surface area contributed by atoms with Crippen molar-refractivity contribution in [3.05, 3.63) is 53.2 Å². The molecule has 0 fully saturated rings. The van der Waals surface area contributed by atoms with Crippen LogP contribution in [0, 0.1) is 0 Å². The number of anilines is 1. The Morgan fingerprint density at radius 2 is 1.97 bits per heavy atom. The van der Waals surface area contributed by atoms with Gasteiger partial charge in [0.25, 0.3) is 5.91 Å². The van der Waals surface area contributed by atoms with E-state index in [2.05, 4.69) is 20.4 Å². The highest BCUT2D eigenvalue weighted by Crippen LogP contribution is 2.19. The summed E-state index contributed by atoms with van der Waals surface area (Å²) in [6, 6.07) is 8.19. The lowest BCUT2D eigenvalue weighted by atomic mass is 10.1. The summed E-state index contributed by atoms with van der Waals surface area (Å²) >= 11 is 7.54. The molecule has 0 aliphatic carbocycles. The number of carbonyl (C=O) groups excluding carboxylic acids is 2. The zero-order chi connectivity index (χ0) is 22.1. The Kier molecular flexibility index (Phi) is 8.79. The molecule has 2 rings (SSSR count). The van der Waals surface area contributed by atoms with E-state index in [0.717, 1.165) is 0 Å². The number of hydrogen-bond donors (Lipinski definition) is 2. The average molecular weight is 462 g/mol. The lowest BCUT2D eigenvalue weighted by Crippen LogP contribution is -2.44. The zero-order valence-corrected chi connectivity index (χ0v) is 17.4. The summed E-state index contributed by atoms with van der Waals surface area (Å²) in [6.45, 7) is -1.46. The van der Waals surface area contributed by atoms with Gasteiger partial charge in [-0.05, 0) is 36.6 Å². The number of carbonyl (C=O) groups is 2. The molecule has 162 valence electrons. The molecule has 0 aliphatic heterocycles. The zero-order valence-electron chi connectivity index (χ0n) is 15.8. The third-order valence-corrected chi connectivity index (χ3v) is 4.71. The highest BCUT2D eigenvalue weighted by Gasteiger charge is 2.28. The molecular formula is C19H19ClF3N3O3S. The van der Waals surface area contributed by atoms with Crippen LogP contribution in [-0.2, 0) is 4.79 Å². The number of benzene rings is 1. The maximum Gasteiger partial charge on any atom is 0.422 e. The molecule has 0 saturated carbocycles. The fourth-order valence-corrected chi connectivity index (χ4v) is 3.00. The van der Waals surface area contributed by atoms with Gasteiger partial charge in [0.15, 0.2) is 6.61 Å². The van der Waals surface area contributed by atoms with Crippen LogP contribution in [0.25, 0.3) is 0 Å². The smallest absolute Gasteiger partial charge is 0.422 e. The van der Waals surface area contributed by atoms with Gasteiger partial charge in [-0.25, -0.2) is 4.98 Å². The summed E-state index contributed by atoms with van der Waals surface area (Å²) in [5.74, 6) is -0.592. The number of pyridine rings is 1. The Labute approximate surface area is 180 Å². The number of alkyl halides is 3. The molecule has 1 atom stereocenters. The van der Waals surface area contributed by atoms with Crippen LogP contribution in [0.2, 0.25) is 5.02 Å². The molecule has 6 nitrogen and oxygen atoms in total. The second-order valence-electron chi connectivity index (χ2n) is 6.07. The van der Waals surface area contributed by atoms with Crippen molar-refractivity contribution in [2.24, 2.45) is 0 Å². The predicted octanol–water partition coefficient (Wildman–Crippen LogP) is 4.17. The molecule has 1 unspecified atom stereocenters. The average Bonchev–Trinajstić information content (AvgIpc) is 2.70. The van der Waals surface area contributed by atoms with E-state index < -0.39 is 30.6 Å². The molecule has 1 aromatic heterocycles. The number of nitrogens with one attached hydrogen (secondary N) is 2. The number of aromatic nitrogens is 1. The molecule has 0 aliphatic rings. The molecule has 0 radical (unpaired) electrons. The van der Waals surface area contributed by atoms with Crippen molar-refractivity contribution in [1.82, 2.24) is 10.3 Å². The summed E-state index contributed by atoms with van der Waals surface area (Å²) in [5, 5.41) is 5.51. The van der Waals surface area contributed by atoms with E-state index in [1.165, 1.54) is 30.1 Å². The maximum atomic E-state index is 12.6. The molecular weight excluding hydrogens is 443 g/mol. The van der Waals surface area contributed by atoms with E-state index in [0.29, 0.717) is 12.2 Å². The van der Waals surface area contributed by atoms with Gasteiger partial charge in [-0.2, -0.15) is 24.9 Å². The van der Waals surface area contributed by atoms with E-state index in [9.17, 15) is 22.8 Å². The highest BCUT2D eigenvalue weighted by molar-refractivity contribution is 7.98. The van der Waals surface area contributed by atoms with Crippen molar-refractivity contribution in [3.63, 3.8) is 0 Å². The first-order valence-corrected chi connectivity index (χ1v) is 10.5. The van der Waals surface area contributed by atoms with Gasteiger partial charge in [0.05, 0.1) is 22.5 Å². The van der Waals surface area contributed by atoms with Crippen molar-refractivity contribution < 1.29 is 27.5 Å². The molecule has 1 aromatic carbocycles. The number of ether oxygens (including phenoxy) is 1. The maximum absolute atomic E-state index is 12.6. The van der Waals surface area contributed by atoms with E-state index in [1.807, 2.05) is 6.26 Å². The Balaban J connectivity index is 2.02. The molecule has 30 heavy (non-hydrogen) atoms. The van der Waals surface area contributed by atoms with Crippen molar-refractivity contribution in [2.75, 3.05) is 23.9 Å². The quantitative estimate of drug-likeness (QED) is 0.586. The van der Waals surface area contributed by atoms with Gasteiger partial charge in [0.1, 0.15) is 6.04 Å². The molecule has 11 heteroatoms. The molecule has 0 bridgehead atoms. The van der Waals surface area contributed by atoms with E-state index in [4.69, 9.17) is 11.6 Å². The molecule has 0 spiro atoms. The van der Waals surface area contributed by atoms with Crippen molar-refractivity contribution in [3.8, 4) is 5.88 Å². The van der Waals surface area contributed by atoms with Crippen molar-refractivity contribution in [2.45, 2.75) is 18.6 Å². The number of nitrogens with zero attached hydrogens (tertiary/aromatic N) is 1.